The molecule has 1 aliphatic heterocycles. The summed E-state index contributed by atoms with van der Waals surface area (Å²) in [5.41, 5.74) is 2.83. The molecule has 0 bridgehead atoms. The van der Waals surface area contributed by atoms with Crippen molar-refractivity contribution in [2.24, 2.45) is 0 Å². The molecule has 1 atom stereocenters. The maximum absolute atomic E-state index is 13.3. The lowest BCUT2D eigenvalue weighted by Crippen LogP contribution is -2.45. The molecule has 3 aromatic rings. The average Bonchev–Trinajstić information content (AvgIpc) is 3.42. The fourth-order valence-corrected chi connectivity index (χ4v) is 3.78. The Morgan fingerprint density at radius 1 is 1.06 bits per heavy atom. The maximum atomic E-state index is 13.3. The lowest BCUT2D eigenvalue weighted by molar-refractivity contribution is -0.122. The van der Waals surface area contributed by atoms with E-state index < -0.39 is 23.8 Å². The Labute approximate surface area is 190 Å². The SMILES string of the molecule is CC(=O)Nc1ccc(N2C(=O)CC(N(Cc3ccc(C)cc3)C(=O)c3ccco3)C2=O)cc1. The molecule has 2 aromatic carbocycles. The first-order valence-electron chi connectivity index (χ1n) is 10.5. The molecule has 33 heavy (non-hydrogen) atoms. The second-order valence-corrected chi connectivity index (χ2v) is 7.91. The summed E-state index contributed by atoms with van der Waals surface area (Å²) >= 11 is 0. The molecule has 1 fully saturated rings. The van der Waals surface area contributed by atoms with Crippen molar-refractivity contribution in [2.75, 3.05) is 10.2 Å². The van der Waals surface area contributed by atoms with Crippen molar-refractivity contribution in [1.82, 2.24) is 4.90 Å². The monoisotopic (exact) mass is 445 g/mol. The molecule has 0 spiro atoms. The Morgan fingerprint density at radius 2 is 1.76 bits per heavy atom. The number of imide groups is 1. The predicted molar refractivity (Wildman–Crippen MR) is 121 cm³/mol. The predicted octanol–water partition coefficient (Wildman–Crippen LogP) is 3.52. The van der Waals surface area contributed by atoms with Gasteiger partial charge in [-0.25, -0.2) is 4.90 Å². The number of hydrogen-bond acceptors (Lipinski definition) is 5. The van der Waals surface area contributed by atoms with Crippen LogP contribution in [0.25, 0.3) is 0 Å². The highest BCUT2D eigenvalue weighted by Crippen LogP contribution is 2.29. The zero-order valence-corrected chi connectivity index (χ0v) is 18.3. The molecule has 2 heterocycles. The first-order valence-corrected chi connectivity index (χ1v) is 10.5. The molecule has 1 N–H and O–H groups in total. The van der Waals surface area contributed by atoms with Gasteiger partial charge in [0.25, 0.3) is 11.8 Å². The zero-order chi connectivity index (χ0) is 23.5. The van der Waals surface area contributed by atoms with Crippen molar-refractivity contribution in [2.45, 2.75) is 32.9 Å². The third kappa shape index (κ3) is 4.69. The fraction of sp³-hybridized carbons (Fsp3) is 0.200. The minimum atomic E-state index is -0.966. The molecule has 8 nitrogen and oxygen atoms in total. The zero-order valence-electron chi connectivity index (χ0n) is 18.3. The van der Waals surface area contributed by atoms with Gasteiger partial charge in [0.15, 0.2) is 5.76 Å². The minimum absolute atomic E-state index is 0.0977. The van der Waals surface area contributed by atoms with Crippen molar-refractivity contribution in [3.63, 3.8) is 0 Å². The van der Waals surface area contributed by atoms with Gasteiger partial charge in [-0.15, -0.1) is 0 Å². The van der Waals surface area contributed by atoms with Gasteiger partial charge in [-0.1, -0.05) is 29.8 Å². The van der Waals surface area contributed by atoms with Crippen molar-refractivity contribution >= 4 is 35.0 Å². The normalized spacial score (nSPS) is 15.6. The number of carbonyl (C=O) groups excluding carboxylic acids is 4. The largest absolute Gasteiger partial charge is 0.459 e. The Morgan fingerprint density at radius 3 is 2.36 bits per heavy atom. The van der Waals surface area contributed by atoms with Gasteiger partial charge < -0.3 is 14.6 Å². The lowest BCUT2D eigenvalue weighted by atomic mass is 10.1. The van der Waals surface area contributed by atoms with E-state index >= 15 is 0 Å². The standard InChI is InChI=1S/C25H23N3O5/c1-16-5-7-18(8-6-16)15-27(25(32)22-4-3-13-33-22)21-14-23(30)28(24(21)31)20-11-9-19(10-12-20)26-17(2)29/h3-13,21H,14-15H2,1-2H3,(H,26,29). The Kier molecular flexibility index (Phi) is 6.08. The van der Waals surface area contributed by atoms with Gasteiger partial charge in [-0.2, -0.15) is 0 Å². The summed E-state index contributed by atoms with van der Waals surface area (Å²) in [6.45, 7) is 3.51. The molecule has 168 valence electrons. The van der Waals surface area contributed by atoms with Gasteiger partial charge in [0, 0.05) is 19.2 Å². The van der Waals surface area contributed by atoms with E-state index in [1.54, 1.807) is 30.3 Å². The smallest absolute Gasteiger partial charge is 0.290 e. The number of nitrogens with zero attached hydrogens (tertiary/aromatic N) is 2. The van der Waals surface area contributed by atoms with Crippen molar-refractivity contribution in [3.05, 3.63) is 83.8 Å². The molecule has 4 rings (SSSR count). The average molecular weight is 445 g/mol. The van der Waals surface area contributed by atoms with Crippen LogP contribution in [0.15, 0.2) is 71.3 Å². The Bertz CT molecular complexity index is 1180. The second kappa shape index (κ2) is 9.12. The van der Waals surface area contributed by atoms with Crippen LogP contribution >= 0.6 is 0 Å². The molecule has 1 saturated heterocycles. The number of nitrogens with one attached hydrogen (secondary N) is 1. The maximum Gasteiger partial charge on any atom is 0.290 e. The second-order valence-electron chi connectivity index (χ2n) is 7.91. The third-order valence-corrected chi connectivity index (χ3v) is 5.41. The quantitative estimate of drug-likeness (QED) is 0.585. The molecule has 1 aliphatic rings. The lowest BCUT2D eigenvalue weighted by Gasteiger charge is -2.27. The first kappa shape index (κ1) is 22.0. The minimum Gasteiger partial charge on any atom is -0.459 e. The van der Waals surface area contributed by atoms with E-state index in [9.17, 15) is 19.2 Å². The topological polar surface area (TPSA) is 99.9 Å². The summed E-state index contributed by atoms with van der Waals surface area (Å²) in [5, 5.41) is 2.64. The van der Waals surface area contributed by atoms with E-state index in [1.807, 2.05) is 31.2 Å². The van der Waals surface area contributed by atoms with Crippen LogP contribution in [0.4, 0.5) is 11.4 Å². The van der Waals surface area contributed by atoms with E-state index in [2.05, 4.69) is 5.32 Å². The van der Waals surface area contributed by atoms with E-state index in [0.717, 1.165) is 16.0 Å². The van der Waals surface area contributed by atoms with Crippen LogP contribution in [0.2, 0.25) is 0 Å². The molecule has 1 unspecified atom stereocenters. The van der Waals surface area contributed by atoms with Crippen molar-refractivity contribution < 1.29 is 23.6 Å². The van der Waals surface area contributed by atoms with E-state index in [1.165, 1.54) is 24.2 Å². The highest BCUT2D eigenvalue weighted by Gasteiger charge is 2.45. The summed E-state index contributed by atoms with van der Waals surface area (Å²) in [6.07, 6.45) is 1.26. The van der Waals surface area contributed by atoms with Crippen LogP contribution in [-0.2, 0) is 20.9 Å². The fourth-order valence-electron chi connectivity index (χ4n) is 3.78. The van der Waals surface area contributed by atoms with Crippen molar-refractivity contribution in [3.8, 4) is 0 Å². The highest BCUT2D eigenvalue weighted by molar-refractivity contribution is 6.23. The number of aryl methyl sites for hydroxylation is 1. The number of amides is 4. The number of rotatable bonds is 6. The summed E-state index contributed by atoms with van der Waals surface area (Å²) < 4.78 is 5.28. The van der Waals surface area contributed by atoms with Crippen LogP contribution in [-0.4, -0.2) is 34.6 Å². The molecule has 1 aromatic heterocycles. The summed E-state index contributed by atoms with van der Waals surface area (Å²) in [4.78, 5) is 53.1. The molecule has 8 heteroatoms. The van der Waals surface area contributed by atoms with E-state index in [0.29, 0.717) is 11.4 Å². The number of benzene rings is 2. The Hall–Kier alpha value is -4.20. The van der Waals surface area contributed by atoms with E-state index in [-0.39, 0.29) is 24.6 Å². The molecule has 0 aliphatic carbocycles. The van der Waals surface area contributed by atoms with Crippen LogP contribution < -0.4 is 10.2 Å². The van der Waals surface area contributed by atoms with Gasteiger partial charge in [-0.05, 0) is 48.9 Å². The summed E-state index contributed by atoms with van der Waals surface area (Å²) in [7, 11) is 0. The van der Waals surface area contributed by atoms with Gasteiger partial charge in [0.05, 0.1) is 18.4 Å². The van der Waals surface area contributed by atoms with Gasteiger partial charge >= 0.3 is 0 Å². The number of anilines is 2. The molecular formula is C25H23N3O5. The van der Waals surface area contributed by atoms with Gasteiger partial charge in [-0.3, -0.25) is 19.2 Å². The number of furan rings is 1. The molecular weight excluding hydrogens is 422 g/mol. The summed E-state index contributed by atoms with van der Waals surface area (Å²) in [5.74, 6) is -1.48. The molecule has 0 radical (unpaired) electrons. The van der Waals surface area contributed by atoms with Gasteiger partial charge in [0.2, 0.25) is 11.8 Å². The summed E-state index contributed by atoms with van der Waals surface area (Å²) in [6, 6.07) is 16.2. The molecule has 4 amide bonds. The first-order chi connectivity index (χ1) is 15.8. The van der Waals surface area contributed by atoms with Crippen LogP contribution in [0.3, 0.4) is 0 Å². The Balaban J connectivity index is 1.62. The highest BCUT2D eigenvalue weighted by atomic mass is 16.3. The van der Waals surface area contributed by atoms with Crippen molar-refractivity contribution in [1.29, 1.82) is 0 Å². The number of carbonyl (C=O) groups is 4. The number of hydrogen-bond donors (Lipinski definition) is 1. The van der Waals surface area contributed by atoms with Gasteiger partial charge in [0.1, 0.15) is 6.04 Å². The van der Waals surface area contributed by atoms with E-state index in [4.69, 9.17) is 4.42 Å². The van der Waals surface area contributed by atoms with Crippen LogP contribution in [0.5, 0.6) is 0 Å². The molecule has 0 saturated carbocycles. The third-order valence-electron chi connectivity index (χ3n) is 5.41. The van der Waals surface area contributed by atoms with Crippen LogP contribution in [0, 0.1) is 6.92 Å². The van der Waals surface area contributed by atoms with Crippen LogP contribution in [0.1, 0.15) is 35.0 Å².